The highest BCUT2D eigenvalue weighted by Crippen LogP contribution is 1.95. The van der Waals surface area contributed by atoms with E-state index in [0.29, 0.717) is 32.2 Å². The van der Waals surface area contributed by atoms with Crippen molar-refractivity contribution in [2.75, 3.05) is 32.8 Å². The molecule has 0 heterocycles. The lowest BCUT2D eigenvalue weighted by Gasteiger charge is -2.08. The van der Waals surface area contributed by atoms with Gasteiger partial charge in [0.25, 0.3) is 0 Å². The molecule has 0 bridgehead atoms. The van der Waals surface area contributed by atoms with Crippen molar-refractivity contribution in [1.82, 2.24) is 10.6 Å². The molecule has 4 nitrogen and oxygen atoms in total. The molecule has 0 aromatic carbocycles. The number of amides is 1. The standard InChI is InChI=1S/C13H26N2O2/c1-11(2)5-6-15-13(16)9-14-7-8-17-10-12(3)4/h11,14H,3,5-10H2,1-2,4H3,(H,15,16). The Kier molecular flexibility index (Phi) is 9.77. The Labute approximate surface area is 105 Å². The van der Waals surface area contributed by atoms with Crippen molar-refractivity contribution < 1.29 is 9.53 Å². The van der Waals surface area contributed by atoms with Crippen LogP contribution >= 0.6 is 0 Å². The van der Waals surface area contributed by atoms with Crippen LogP contribution in [0.5, 0.6) is 0 Å². The molecule has 4 heteroatoms. The second-order valence-corrected chi connectivity index (χ2v) is 4.72. The van der Waals surface area contributed by atoms with Gasteiger partial charge in [0.1, 0.15) is 0 Å². The van der Waals surface area contributed by atoms with Gasteiger partial charge in [0, 0.05) is 13.1 Å². The first-order valence-corrected chi connectivity index (χ1v) is 6.22. The molecule has 17 heavy (non-hydrogen) atoms. The summed E-state index contributed by atoms with van der Waals surface area (Å²) in [6, 6.07) is 0. The van der Waals surface area contributed by atoms with Crippen molar-refractivity contribution in [3.63, 3.8) is 0 Å². The maximum absolute atomic E-state index is 11.3. The summed E-state index contributed by atoms with van der Waals surface area (Å²) in [6.45, 7) is 12.9. The smallest absolute Gasteiger partial charge is 0.233 e. The van der Waals surface area contributed by atoms with Crippen LogP contribution in [0.1, 0.15) is 27.2 Å². The van der Waals surface area contributed by atoms with Crippen LogP contribution in [0.15, 0.2) is 12.2 Å². The molecule has 1 amide bonds. The quantitative estimate of drug-likeness (QED) is 0.449. The molecule has 0 aliphatic heterocycles. The number of rotatable bonds is 10. The average Bonchev–Trinajstić information content (AvgIpc) is 2.22. The lowest BCUT2D eigenvalue weighted by atomic mass is 10.1. The fraction of sp³-hybridized carbons (Fsp3) is 0.769. The summed E-state index contributed by atoms with van der Waals surface area (Å²) in [5.74, 6) is 0.671. The number of ether oxygens (including phenoxy) is 1. The summed E-state index contributed by atoms with van der Waals surface area (Å²) in [5, 5.41) is 5.90. The molecule has 0 radical (unpaired) electrons. The van der Waals surface area contributed by atoms with E-state index in [1.165, 1.54) is 0 Å². The first kappa shape index (κ1) is 16.1. The molecule has 0 unspecified atom stereocenters. The van der Waals surface area contributed by atoms with Crippen LogP contribution in [0.4, 0.5) is 0 Å². The topological polar surface area (TPSA) is 50.4 Å². The van der Waals surface area contributed by atoms with E-state index in [1.54, 1.807) is 0 Å². The molecular weight excluding hydrogens is 216 g/mol. The van der Waals surface area contributed by atoms with E-state index in [-0.39, 0.29) is 5.91 Å². The van der Waals surface area contributed by atoms with Crippen molar-refractivity contribution in [3.05, 3.63) is 12.2 Å². The average molecular weight is 242 g/mol. The second kappa shape index (κ2) is 10.3. The summed E-state index contributed by atoms with van der Waals surface area (Å²) >= 11 is 0. The summed E-state index contributed by atoms with van der Waals surface area (Å²) in [7, 11) is 0. The number of hydrogen-bond acceptors (Lipinski definition) is 3. The minimum atomic E-state index is 0.0468. The van der Waals surface area contributed by atoms with Crippen molar-refractivity contribution in [2.45, 2.75) is 27.2 Å². The van der Waals surface area contributed by atoms with E-state index >= 15 is 0 Å². The Hall–Kier alpha value is -0.870. The SMILES string of the molecule is C=C(C)COCCNCC(=O)NCCC(C)C. The van der Waals surface area contributed by atoms with Crippen LogP contribution in [-0.4, -0.2) is 38.8 Å². The minimum Gasteiger partial charge on any atom is -0.376 e. The van der Waals surface area contributed by atoms with Crippen LogP contribution in [0, 0.1) is 5.92 Å². The molecule has 100 valence electrons. The van der Waals surface area contributed by atoms with Gasteiger partial charge in [-0.3, -0.25) is 4.79 Å². The first-order chi connectivity index (χ1) is 8.02. The van der Waals surface area contributed by atoms with Crippen LogP contribution in [0.3, 0.4) is 0 Å². The van der Waals surface area contributed by atoms with Gasteiger partial charge in [-0.1, -0.05) is 26.0 Å². The maximum atomic E-state index is 11.3. The molecule has 0 aliphatic carbocycles. The van der Waals surface area contributed by atoms with Crippen LogP contribution in [0.25, 0.3) is 0 Å². The van der Waals surface area contributed by atoms with Crippen molar-refractivity contribution >= 4 is 5.91 Å². The number of carbonyl (C=O) groups is 1. The van der Waals surface area contributed by atoms with Crippen LogP contribution in [0.2, 0.25) is 0 Å². The molecule has 0 aromatic rings. The van der Waals surface area contributed by atoms with Crippen LogP contribution < -0.4 is 10.6 Å². The molecule has 0 rings (SSSR count). The van der Waals surface area contributed by atoms with Gasteiger partial charge in [-0.25, -0.2) is 0 Å². The first-order valence-electron chi connectivity index (χ1n) is 6.22. The predicted molar refractivity (Wildman–Crippen MR) is 71.0 cm³/mol. The van der Waals surface area contributed by atoms with Gasteiger partial charge in [0.15, 0.2) is 0 Å². The highest BCUT2D eigenvalue weighted by Gasteiger charge is 2.00. The fourth-order valence-corrected chi connectivity index (χ4v) is 1.16. The monoisotopic (exact) mass is 242 g/mol. The highest BCUT2D eigenvalue weighted by atomic mass is 16.5. The van der Waals surface area contributed by atoms with Gasteiger partial charge in [-0.05, 0) is 19.3 Å². The molecule has 0 saturated heterocycles. The Morgan fingerprint density at radius 3 is 2.65 bits per heavy atom. The zero-order valence-electron chi connectivity index (χ0n) is 11.3. The Morgan fingerprint density at radius 1 is 1.35 bits per heavy atom. The van der Waals surface area contributed by atoms with Gasteiger partial charge in [-0.15, -0.1) is 0 Å². The van der Waals surface area contributed by atoms with Crippen molar-refractivity contribution in [1.29, 1.82) is 0 Å². The number of hydrogen-bond donors (Lipinski definition) is 2. The summed E-state index contributed by atoms with van der Waals surface area (Å²) < 4.78 is 5.30. The molecular formula is C13H26N2O2. The van der Waals surface area contributed by atoms with Gasteiger partial charge in [0.2, 0.25) is 5.91 Å². The minimum absolute atomic E-state index is 0.0468. The van der Waals surface area contributed by atoms with Crippen molar-refractivity contribution in [3.8, 4) is 0 Å². The van der Waals surface area contributed by atoms with Crippen LogP contribution in [-0.2, 0) is 9.53 Å². The summed E-state index contributed by atoms with van der Waals surface area (Å²) in [5.41, 5.74) is 1.01. The largest absolute Gasteiger partial charge is 0.376 e. The highest BCUT2D eigenvalue weighted by molar-refractivity contribution is 5.77. The third-order valence-corrected chi connectivity index (χ3v) is 2.10. The predicted octanol–water partition coefficient (Wildman–Crippen LogP) is 1.33. The molecule has 0 atom stereocenters. The lowest BCUT2D eigenvalue weighted by molar-refractivity contribution is -0.120. The van der Waals surface area contributed by atoms with Gasteiger partial charge in [-0.2, -0.15) is 0 Å². The van der Waals surface area contributed by atoms with E-state index < -0.39 is 0 Å². The fourth-order valence-electron chi connectivity index (χ4n) is 1.16. The van der Waals surface area contributed by atoms with Gasteiger partial charge >= 0.3 is 0 Å². The molecule has 0 aliphatic rings. The second-order valence-electron chi connectivity index (χ2n) is 4.72. The molecule has 0 saturated carbocycles. The maximum Gasteiger partial charge on any atom is 0.233 e. The number of nitrogens with one attached hydrogen (secondary N) is 2. The molecule has 2 N–H and O–H groups in total. The Balaban J connectivity index is 3.24. The Morgan fingerprint density at radius 2 is 2.06 bits per heavy atom. The van der Waals surface area contributed by atoms with E-state index in [4.69, 9.17) is 4.74 Å². The third-order valence-electron chi connectivity index (χ3n) is 2.10. The third kappa shape index (κ3) is 13.1. The van der Waals surface area contributed by atoms with Gasteiger partial charge in [0.05, 0.1) is 19.8 Å². The molecule has 0 fully saturated rings. The number of carbonyl (C=O) groups excluding carboxylic acids is 1. The molecule has 0 aromatic heterocycles. The van der Waals surface area contributed by atoms with E-state index in [2.05, 4.69) is 31.1 Å². The lowest BCUT2D eigenvalue weighted by Crippen LogP contribution is -2.36. The summed E-state index contributed by atoms with van der Waals surface area (Å²) in [4.78, 5) is 11.3. The zero-order chi connectivity index (χ0) is 13.1. The van der Waals surface area contributed by atoms with E-state index in [1.807, 2.05) is 6.92 Å². The van der Waals surface area contributed by atoms with E-state index in [0.717, 1.165) is 18.5 Å². The molecule has 0 spiro atoms. The van der Waals surface area contributed by atoms with Crippen molar-refractivity contribution in [2.24, 2.45) is 5.92 Å². The van der Waals surface area contributed by atoms with E-state index in [9.17, 15) is 4.79 Å². The normalized spacial score (nSPS) is 10.6. The van der Waals surface area contributed by atoms with Gasteiger partial charge < -0.3 is 15.4 Å². The summed E-state index contributed by atoms with van der Waals surface area (Å²) in [6.07, 6.45) is 1.02. The Bertz CT molecular complexity index is 227. The zero-order valence-corrected chi connectivity index (χ0v) is 11.3.